The average molecular weight is 522 g/mol. The van der Waals surface area contributed by atoms with Gasteiger partial charge < -0.3 is 4.74 Å². The topological polar surface area (TPSA) is 32.8 Å². The molecule has 0 spiro atoms. The van der Waals surface area contributed by atoms with E-state index in [4.69, 9.17) is 27.9 Å². The van der Waals surface area contributed by atoms with Gasteiger partial charge in [0.1, 0.15) is 11.4 Å². The average Bonchev–Trinajstić information content (AvgIpc) is 3.57. The SMILES string of the molecule is C[C@H](c1cc(Cl)cc(Cl)c1)N1CCN(Cc2cc(F)c(C(=O)OC(C)(C)C)cc2C2CC2)C[C@@H]1C. The molecule has 1 aliphatic carbocycles. The van der Waals surface area contributed by atoms with Gasteiger partial charge in [0.2, 0.25) is 0 Å². The highest BCUT2D eigenvalue weighted by Gasteiger charge is 2.32. The Morgan fingerprint density at radius 1 is 1.11 bits per heavy atom. The highest BCUT2D eigenvalue weighted by atomic mass is 35.5. The molecule has 2 fully saturated rings. The van der Waals surface area contributed by atoms with Crippen LogP contribution in [-0.2, 0) is 11.3 Å². The van der Waals surface area contributed by atoms with Crippen LogP contribution >= 0.6 is 23.2 Å². The third kappa shape index (κ3) is 6.56. The van der Waals surface area contributed by atoms with Gasteiger partial charge in [-0.05, 0) is 100 Å². The number of esters is 1. The molecular weight excluding hydrogens is 486 g/mol. The number of halogens is 3. The summed E-state index contributed by atoms with van der Waals surface area (Å²) < 4.78 is 20.5. The Morgan fingerprint density at radius 2 is 1.77 bits per heavy atom. The first-order valence-electron chi connectivity index (χ1n) is 12.4. The monoisotopic (exact) mass is 520 g/mol. The molecule has 4 nitrogen and oxygen atoms in total. The van der Waals surface area contributed by atoms with Gasteiger partial charge in [0.05, 0.1) is 5.56 Å². The van der Waals surface area contributed by atoms with Gasteiger partial charge >= 0.3 is 5.97 Å². The van der Waals surface area contributed by atoms with Crippen molar-refractivity contribution in [2.45, 2.75) is 77.6 Å². The number of piperazine rings is 1. The van der Waals surface area contributed by atoms with E-state index in [1.807, 2.05) is 12.1 Å². The zero-order valence-electron chi connectivity index (χ0n) is 21.2. The molecule has 0 bridgehead atoms. The van der Waals surface area contributed by atoms with Crippen LogP contribution in [0.4, 0.5) is 4.39 Å². The maximum absolute atomic E-state index is 15.0. The molecule has 0 amide bonds. The molecule has 2 atom stereocenters. The lowest BCUT2D eigenvalue weighted by Gasteiger charge is -2.43. The molecule has 0 unspecified atom stereocenters. The number of hydrogen-bond acceptors (Lipinski definition) is 4. The Hall–Kier alpha value is -1.66. The van der Waals surface area contributed by atoms with Crippen molar-refractivity contribution >= 4 is 29.2 Å². The van der Waals surface area contributed by atoms with Crippen LogP contribution in [0.3, 0.4) is 0 Å². The van der Waals surface area contributed by atoms with Crippen LogP contribution < -0.4 is 0 Å². The van der Waals surface area contributed by atoms with Gasteiger partial charge in [-0.2, -0.15) is 0 Å². The predicted octanol–water partition coefficient (Wildman–Crippen LogP) is 7.23. The normalized spacial score (nSPS) is 20.6. The van der Waals surface area contributed by atoms with Crippen molar-refractivity contribution in [1.82, 2.24) is 9.80 Å². The number of benzene rings is 2. The highest BCUT2D eigenvalue weighted by Crippen LogP contribution is 2.43. The first kappa shape index (κ1) is 26.4. The molecule has 1 saturated heterocycles. The Kier molecular flexibility index (Phi) is 7.82. The molecule has 190 valence electrons. The van der Waals surface area contributed by atoms with Gasteiger partial charge in [-0.25, -0.2) is 9.18 Å². The lowest BCUT2D eigenvalue weighted by molar-refractivity contribution is 0.00645. The first-order valence-corrected chi connectivity index (χ1v) is 13.2. The number of hydrogen-bond donors (Lipinski definition) is 0. The first-order chi connectivity index (χ1) is 16.4. The maximum atomic E-state index is 15.0. The summed E-state index contributed by atoms with van der Waals surface area (Å²) >= 11 is 12.5. The van der Waals surface area contributed by atoms with Crippen molar-refractivity contribution in [3.63, 3.8) is 0 Å². The number of ether oxygens (including phenoxy) is 1. The number of nitrogens with zero attached hydrogens (tertiary/aromatic N) is 2. The van der Waals surface area contributed by atoms with Crippen molar-refractivity contribution in [1.29, 1.82) is 0 Å². The zero-order chi connectivity index (χ0) is 25.5. The summed E-state index contributed by atoms with van der Waals surface area (Å²) in [5, 5.41) is 1.30. The minimum Gasteiger partial charge on any atom is -0.456 e. The molecule has 1 heterocycles. The Bertz CT molecular complexity index is 1080. The molecule has 2 aliphatic rings. The van der Waals surface area contributed by atoms with Crippen LogP contribution in [0.1, 0.15) is 86.5 Å². The van der Waals surface area contributed by atoms with Crippen molar-refractivity contribution in [2.75, 3.05) is 19.6 Å². The standard InChI is InChI=1S/C28H35Cl2FN2O2/c1-17-15-32(8-9-33(17)18(2)20-10-22(29)13-23(30)11-20)16-21-12-26(31)25(14-24(21)19-6-7-19)27(34)35-28(3,4)5/h10-14,17-19H,6-9,15-16H2,1-5H3/t17-,18+/m0/s1. The van der Waals surface area contributed by atoms with E-state index in [1.165, 1.54) is 0 Å². The Labute approximate surface area is 218 Å². The molecule has 0 aromatic heterocycles. The summed E-state index contributed by atoms with van der Waals surface area (Å²) in [5.41, 5.74) is 2.55. The van der Waals surface area contributed by atoms with E-state index in [9.17, 15) is 4.79 Å². The van der Waals surface area contributed by atoms with E-state index >= 15 is 4.39 Å². The van der Waals surface area contributed by atoms with E-state index in [1.54, 1.807) is 39.0 Å². The smallest absolute Gasteiger partial charge is 0.341 e. The maximum Gasteiger partial charge on any atom is 0.341 e. The fraction of sp³-hybridized carbons (Fsp3) is 0.536. The summed E-state index contributed by atoms with van der Waals surface area (Å²) in [6.45, 7) is 13.1. The van der Waals surface area contributed by atoms with Gasteiger partial charge in [-0.15, -0.1) is 0 Å². The van der Waals surface area contributed by atoms with Gasteiger partial charge in [0.15, 0.2) is 0 Å². The van der Waals surface area contributed by atoms with Crippen molar-refractivity contribution in [3.8, 4) is 0 Å². The second-order valence-corrected chi connectivity index (χ2v) is 11.9. The van der Waals surface area contributed by atoms with Crippen molar-refractivity contribution in [3.05, 3.63) is 68.4 Å². The molecule has 0 N–H and O–H groups in total. The van der Waals surface area contributed by atoms with Gasteiger partial charge in [-0.1, -0.05) is 23.2 Å². The fourth-order valence-electron chi connectivity index (χ4n) is 5.05. The fourth-order valence-corrected chi connectivity index (χ4v) is 5.59. The van der Waals surface area contributed by atoms with Crippen molar-refractivity contribution < 1.29 is 13.9 Å². The molecule has 0 radical (unpaired) electrons. The molecule has 35 heavy (non-hydrogen) atoms. The van der Waals surface area contributed by atoms with Gasteiger partial charge in [0, 0.05) is 48.3 Å². The van der Waals surface area contributed by atoms with Crippen molar-refractivity contribution in [2.24, 2.45) is 0 Å². The highest BCUT2D eigenvalue weighted by molar-refractivity contribution is 6.34. The van der Waals surface area contributed by atoms with Crippen LogP contribution in [0.25, 0.3) is 0 Å². The Morgan fingerprint density at radius 3 is 2.34 bits per heavy atom. The van der Waals surface area contributed by atoms with Crippen LogP contribution in [0, 0.1) is 5.82 Å². The predicted molar refractivity (Wildman–Crippen MR) is 140 cm³/mol. The lowest BCUT2D eigenvalue weighted by atomic mass is 9.98. The van der Waals surface area contributed by atoms with E-state index in [2.05, 4.69) is 23.6 Å². The summed E-state index contributed by atoms with van der Waals surface area (Å²) in [4.78, 5) is 17.4. The molecule has 2 aromatic rings. The van der Waals surface area contributed by atoms with Crippen LogP contribution in [0.2, 0.25) is 10.0 Å². The van der Waals surface area contributed by atoms with Gasteiger partial charge in [-0.3, -0.25) is 9.80 Å². The Balaban J connectivity index is 1.47. The van der Waals surface area contributed by atoms with E-state index < -0.39 is 17.4 Å². The second-order valence-electron chi connectivity index (χ2n) is 11.0. The van der Waals surface area contributed by atoms with Crippen LogP contribution in [-0.4, -0.2) is 47.0 Å². The zero-order valence-corrected chi connectivity index (χ0v) is 22.7. The summed E-state index contributed by atoms with van der Waals surface area (Å²) in [7, 11) is 0. The lowest BCUT2D eigenvalue weighted by Crippen LogP contribution is -2.52. The molecule has 2 aromatic carbocycles. The minimum absolute atomic E-state index is 0.0396. The van der Waals surface area contributed by atoms with E-state index in [0.717, 1.165) is 49.2 Å². The molecule has 1 aliphatic heterocycles. The quantitative estimate of drug-likeness (QED) is 0.376. The van der Waals surface area contributed by atoms with Crippen LogP contribution in [0.15, 0.2) is 30.3 Å². The summed E-state index contributed by atoms with van der Waals surface area (Å²) in [5.74, 6) is -0.698. The van der Waals surface area contributed by atoms with E-state index in [-0.39, 0.29) is 11.6 Å². The van der Waals surface area contributed by atoms with Gasteiger partial charge in [0.25, 0.3) is 0 Å². The number of rotatable bonds is 6. The minimum atomic E-state index is -0.661. The third-order valence-electron chi connectivity index (χ3n) is 6.89. The molecule has 1 saturated carbocycles. The van der Waals surface area contributed by atoms with E-state index in [0.29, 0.717) is 28.5 Å². The molecule has 7 heteroatoms. The third-order valence-corrected chi connectivity index (χ3v) is 7.32. The summed E-state index contributed by atoms with van der Waals surface area (Å²) in [6, 6.07) is 9.51. The molecular formula is C28H35Cl2FN2O2. The largest absolute Gasteiger partial charge is 0.456 e. The second kappa shape index (κ2) is 10.4. The molecule has 4 rings (SSSR count). The summed E-state index contributed by atoms with van der Waals surface area (Å²) in [6.07, 6.45) is 2.16. The number of carbonyl (C=O) groups excluding carboxylic acids is 1. The van der Waals surface area contributed by atoms with Crippen LogP contribution in [0.5, 0.6) is 0 Å². The number of carbonyl (C=O) groups is 1.